The second-order valence-corrected chi connectivity index (χ2v) is 7.72. The van der Waals surface area contributed by atoms with Crippen molar-refractivity contribution in [2.24, 2.45) is 0 Å². The highest BCUT2D eigenvalue weighted by Crippen LogP contribution is 2.16. The summed E-state index contributed by atoms with van der Waals surface area (Å²) in [6.07, 6.45) is 0. The third kappa shape index (κ3) is 6.15. The fraction of sp³-hybridized carbons (Fsp3) is 0.300. The maximum absolute atomic E-state index is 12.3. The van der Waals surface area contributed by atoms with Crippen LogP contribution in [0.3, 0.4) is 0 Å². The highest BCUT2D eigenvalue weighted by atomic mass is 32.2. The third-order valence-corrected chi connectivity index (χ3v) is 5.69. The Morgan fingerprint density at radius 2 is 1.52 bits per heavy atom. The fourth-order valence-corrected chi connectivity index (χ4v) is 3.87. The summed E-state index contributed by atoms with van der Waals surface area (Å²) in [7, 11) is 0. The summed E-state index contributed by atoms with van der Waals surface area (Å²) >= 11 is 7.31. The molecule has 0 bridgehead atoms. The number of anilines is 1. The van der Waals surface area contributed by atoms with Crippen molar-refractivity contribution < 1.29 is 4.79 Å². The van der Waals surface area contributed by atoms with Gasteiger partial charge in [-0.25, -0.2) is 4.79 Å². The molecule has 0 aromatic heterocycles. The van der Waals surface area contributed by atoms with Crippen LogP contribution in [0.4, 0.5) is 10.5 Å². The summed E-state index contributed by atoms with van der Waals surface area (Å²) in [5.41, 5.74) is 0.818. The van der Waals surface area contributed by atoms with Gasteiger partial charge in [0, 0.05) is 49.1 Å². The van der Waals surface area contributed by atoms with Gasteiger partial charge in [-0.05, 0) is 36.5 Å². The Kier molecular flexibility index (Phi) is 7.36. The van der Waals surface area contributed by atoms with Crippen molar-refractivity contribution in [1.29, 1.82) is 0 Å². The van der Waals surface area contributed by atoms with E-state index in [1.54, 1.807) is 0 Å². The van der Waals surface area contributed by atoms with Crippen LogP contribution < -0.4 is 10.6 Å². The van der Waals surface area contributed by atoms with E-state index in [0.29, 0.717) is 13.1 Å². The zero-order valence-electron chi connectivity index (χ0n) is 15.1. The van der Waals surface area contributed by atoms with Gasteiger partial charge in [0.25, 0.3) is 0 Å². The van der Waals surface area contributed by atoms with Crippen LogP contribution in [0.25, 0.3) is 0 Å². The van der Waals surface area contributed by atoms with Gasteiger partial charge in [-0.3, -0.25) is 0 Å². The zero-order chi connectivity index (χ0) is 18.9. The van der Waals surface area contributed by atoms with Crippen LogP contribution in [0.15, 0.2) is 65.6 Å². The molecule has 2 aromatic rings. The molecule has 5 nitrogen and oxygen atoms in total. The lowest BCUT2D eigenvalue weighted by Gasteiger charge is -2.36. The van der Waals surface area contributed by atoms with Crippen molar-refractivity contribution in [1.82, 2.24) is 15.1 Å². The number of carbonyl (C=O) groups is 1. The Labute approximate surface area is 170 Å². The van der Waals surface area contributed by atoms with E-state index in [4.69, 9.17) is 12.2 Å². The van der Waals surface area contributed by atoms with Crippen LogP contribution in [-0.2, 0) is 0 Å². The van der Waals surface area contributed by atoms with E-state index in [2.05, 4.69) is 27.7 Å². The predicted octanol–water partition coefficient (Wildman–Crippen LogP) is 3.50. The van der Waals surface area contributed by atoms with Crippen molar-refractivity contribution in [3.8, 4) is 0 Å². The lowest BCUT2D eigenvalue weighted by atomic mass is 10.3. The van der Waals surface area contributed by atoms with E-state index < -0.39 is 0 Å². The van der Waals surface area contributed by atoms with E-state index in [-0.39, 0.29) is 6.03 Å². The first kappa shape index (κ1) is 19.5. The van der Waals surface area contributed by atoms with Crippen molar-refractivity contribution in [3.63, 3.8) is 0 Å². The van der Waals surface area contributed by atoms with Crippen LogP contribution in [0, 0.1) is 0 Å². The molecular weight excluding hydrogens is 376 g/mol. The van der Waals surface area contributed by atoms with Crippen molar-refractivity contribution in [2.75, 3.05) is 43.8 Å². The predicted molar refractivity (Wildman–Crippen MR) is 116 cm³/mol. The minimum Gasteiger partial charge on any atom is -0.362 e. The number of thiocarbonyl (C=S) groups is 1. The molecule has 142 valence electrons. The first-order valence-corrected chi connectivity index (χ1v) is 10.4. The van der Waals surface area contributed by atoms with E-state index in [1.165, 1.54) is 4.90 Å². The number of nitrogens with zero attached hydrogens (tertiary/aromatic N) is 2. The molecule has 1 aliphatic rings. The number of para-hydroxylation sites is 1. The van der Waals surface area contributed by atoms with Gasteiger partial charge in [-0.15, -0.1) is 11.8 Å². The van der Waals surface area contributed by atoms with Crippen LogP contribution >= 0.6 is 24.0 Å². The minimum atomic E-state index is -0.0565. The second kappa shape index (κ2) is 10.2. The standard InChI is InChI=1S/C20H24N4OS2/c25-19(22-17-7-3-1-4-8-17)23-12-14-24(15-13-23)20(26)21-11-16-27-18-9-5-2-6-10-18/h1-10H,11-16H2,(H,21,26)(H,22,25). The molecular formula is C20H24N4OS2. The molecule has 2 N–H and O–H groups in total. The molecule has 0 atom stereocenters. The summed E-state index contributed by atoms with van der Waals surface area (Å²) in [5, 5.41) is 7.02. The molecule has 2 aromatic carbocycles. The summed E-state index contributed by atoms with van der Waals surface area (Å²) in [5.74, 6) is 0.962. The van der Waals surface area contributed by atoms with Gasteiger partial charge in [-0.2, -0.15) is 0 Å². The molecule has 1 fully saturated rings. The number of hydrogen-bond acceptors (Lipinski definition) is 3. The molecule has 0 unspecified atom stereocenters. The quantitative estimate of drug-likeness (QED) is 0.457. The van der Waals surface area contributed by atoms with Gasteiger partial charge < -0.3 is 20.4 Å². The molecule has 0 aliphatic carbocycles. The summed E-state index contributed by atoms with van der Waals surface area (Å²) < 4.78 is 0. The Balaban J connectivity index is 1.34. The van der Waals surface area contributed by atoms with Crippen LogP contribution in [0.2, 0.25) is 0 Å². The first-order valence-electron chi connectivity index (χ1n) is 9.04. The number of piperazine rings is 1. The number of rotatable bonds is 5. The first-order chi connectivity index (χ1) is 13.2. The molecule has 0 spiro atoms. The molecule has 0 saturated carbocycles. The summed E-state index contributed by atoms with van der Waals surface area (Å²) in [4.78, 5) is 17.6. The number of nitrogens with one attached hydrogen (secondary N) is 2. The van der Waals surface area contributed by atoms with Crippen molar-refractivity contribution >= 4 is 40.8 Å². The summed E-state index contributed by atoms with van der Waals surface area (Å²) in [6, 6.07) is 19.8. The largest absolute Gasteiger partial charge is 0.362 e. The zero-order valence-corrected chi connectivity index (χ0v) is 16.8. The average Bonchev–Trinajstić information content (AvgIpc) is 2.72. The molecule has 3 rings (SSSR count). The lowest BCUT2D eigenvalue weighted by molar-refractivity contribution is 0.181. The number of benzene rings is 2. The number of hydrogen-bond donors (Lipinski definition) is 2. The molecule has 2 amide bonds. The molecule has 0 radical (unpaired) electrons. The number of carbonyl (C=O) groups excluding carboxylic acids is 1. The minimum absolute atomic E-state index is 0.0565. The van der Waals surface area contributed by atoms with Gasteiger partial charge in [0.05, 0.1) is 0 Å². The molecule has 27 heavy (non-hydrogen) atoms. The Hall–Kier alpha value is -2.25. The van der Waals surface area contributed by atoms with E-state index in [0.717, 1.165) is 36.2 Å². The van der Waals surface area contributed by atoms with E-state index in [9.17, 15) is 4.79 Å². The second-order valence-electron chi connectivity index (χ2n) is 6.16. The Bertz CT molecular complexity index is 734. The van der Waals surface area contributed by atoms with Crippen LogP contribution in [0.5, 0.6) is 0 Å². The van der Waals surface area contributed by atoms with Gasteiger partial charge in [0.15, 0.2) is 5.11 Å². The number of thioether (sulfide) groups is 1. The maximum atomic E-state index is 12.3. The summed E-state index contributed by atoms with van der Waals surface area (Å²) in [6.45, 7) is 3.66. The lowest BCUT2D eigenvalue weighted by Crippen LogP contribution is -2.54. The highest BCUT2D eigenvalue weighted by molar-refractivity contribution is 7.99. The maximum Gasteiger partial charge on any atom is 0.321 e. The molecule has 1 heterocycles. The number of urea groups is 1. The van der Waals surface area contributed by atoms with Crippen LogP contribution in [0.1, 0.15) is 0 Å². The Morgan fingerprint density at radius 1 is 0.926 bits per heavy atom. The monoisotopic (exact) mass is 400 g/mol. The highest BCUT2D eigenvalue weighted by Gasteiger charge is 2.22. The molecule has 1 aliphatic heterocycles. The smallest absolute Gasteiger partial charge is 0.321 e. The van der Waals surface area contributed by atoms with Gasteiger partial charge in [0.2, 0.25) is 0 Å². The number of amides is 2. The molecule has 1 saturated heterocycles. The van der Waals surface area contributed by atoms with Gasteiger partial charge in [0.1, 0.15) is 0 Å². The average molecular weight is 401 g/mol. The SMILES string of the molecule is O=C(Nc1ccccc1)N1CCN(C(=S)NCCSc2ccccc2)CC1. The van der Waals surface area contributed by atoms with Crippen LogP contribution in [-0.4, -0.2) is 59.4 Å². The Morgan fingerprint density at radius 3 is 2.19 bits per heavy atom. The van der Waals surface area contributed by atoms with E-state index >= 15 is 0 Å². The topological polar surface area (TPSA) is 47.6 Å². The fourth-order valence-electron chi connectivity index (χ4n) is 2.79. The van der Waals surface area contributed by atoms with Gasteiger partial charge >= 0.3 is 6.03 Å². The van der Waals surface area contributed by atoms with Crippen molar-refractivity contribution in [2.45, 2.75) is 4.90 Å². The molecule has 7 heteroatoms. The van der Waals surface area contributed by atoms with E-state index in [1.807, 2.05) is 65.2 Å². The van der Waals surface area contributed by atoms with Crippen molar-refractivity contribution in [3.05, 3.63) is 60.7 Å². The van der Waals surface area contributed by atoms with Gasteiger partial charge in [-0.1, -0.05) is 36.4 Å². The third-order valence-electron chi connectivity index (χ3n) is 4.27. The normalized spacial score (nSPS) is 13.9.